The Balaban J connectivity index is 2.09. The molecule has 1 aromatic carbocycles. The Kier molecular flexibility index (Phi) is 3.84. The molecule has 22 heavy (non-hydrogen) atoms. The summed E-state index contributed by atoms with van der Waals surface area (Å²) >= 11 is 0. The number of ether oxygens (including phenoxy) is 2. The van der Waals surface area contributed by atoms with Crippen molar-refractivity contribution in [1.29, 1.82) is 0 Å². The van der Waals surface area contributed by atoms with Crippen molar-refractivity contribution in [3.63, 3.8) is 0 Å². The van der Waals surface area contributed by atoms with Crippen molar-refractivity contribution in [2.24, 2.45) is 0 Å². The Bertz CT molecular complexity index is 655. The van der Waals surface area contributed by atoms with Crippen molar-refractivity contribution in [2.75, 3.05) is 14.2 Å². The molecule has 0 radical (unpaired) electrons. The number of ketones is 2. The minimum Gasteiger partial charge on any atom is -0.497 e. The first-order valence-corrected chi connectivity index (χ1v) is 7.36. The van der Waals surface area contributed by atoms with Gasteiger partial charge in [0.2, 0.25) is 0 Å². The highest BCUT2D eigenvalue weighted by Crippen LogP contribution is 2.34. The van der Waals surface area contributed by atoms with Gasteiger partial charge in [-0.2, -0.15) is 0 Å². The second kappa shape index (κ2) is 5.79. The summed E-state index contributed by atoms with van der Waals surface area (Å²) in [6.07, 6.45) is 5.32. The molecule has 0 amide bonds. The molecule has 4 nitrogen and oxygen atoms in total. The van der Waals surface area contributed by atoms with E-state index in [0.29, 0.717) is 36.8 Å². The van der Waals surface area contributed by atoms with E-state index in [2.05, 4.69) is 0 Å². The number of fused-ring (bicyclic) bond motifs is 4. The van der Waals surface area contributed by atoms with Gasteiger partial charge in [-0.05, 0) is 61.1 Å². The molecule has 4 rings (SSSR count). The van der Waals surface area contributed by atoms with E-state index in [4.69, 9.17) is 9.47 Å². The van der Waals surface area contributed by atoms with Crippen LogP contribution in [0.15, 0.2) is 35.4 Å². The molecule has 0 heterocycles. The molecular formula is C18H18O4. The van der Waals surface area contributed by atoms with Crippen LogP contribution in [0.1, 0.15) is 24.0 Å². The molecule has 114 valence electrons. The van der Waals surface area contributed by atoms with Gasteiger partial charge in [0.1, 0.15) is 11.5 Å². The quantitative estimate of drug-likeness (QED) is 0.788. The number of carbonyl (C=O) groups is 2. The van der Waals surface area contributed by atoms with Crippen LogP contribution in [0.3, 0.4) is 0 Å². The predicted molar refractivity (Wildman–Crippen MR) is 82.4 cm³/mol. The van der Waals surface area contributed by atoms with Crippen LogP contribution in [-0.4, -0.2) is 25.8 Å². The molecule has 0 aliphatic heterocycles. The molecule has 4 heteroatoms. The minimum atomic E-state index is -0.0458. The fraction of sp³-hybridized carbons (Fsp3) is 0.333. The summed E-state index contributed by atoms with van der Waals surface area (Å²) < 4.78 is 10.9. The van der Waals surface area contributed by atoms with Crippen molar-refractivity contribution in [3.8, 4) is 11.5 Å². The lowest BCUT2D eigenvalue weighted by atomic mass is 9.92. The van der Waals surface area contributed by atoms with E-state index in [-0.39, 0.29) is 11.6 Å². The first kappa shape index (κ1) is 14.6. The van der Waals surface area contributed by atoms with Gasteiger partial charge in [0.05, 0.1) is 14.2 Å². The highest BCUT2D eigenvalue weighted by Gasteiger charge is 2.23. The first-order chi connectivity index (χ1) is 10.6. The number of aryl methyl sites for hydroxylation is 2. The standard InChI is InChI=1S/C18H18O4/c1-21-15-7-13-5-3-11-9-17(20)12(10-16(11)19)4-6-14(8-15)18(13)22-2/h7-10H,3-6H2,1-2H3. The SMILES string of the molecule is COc1cc2c(OC)c(c1)CCC1=CC(=O)C(=CC1=O)CC2. The van der Waals surface area contributed by atoms with Gasteiger partial charge in [-0.1, -0.05) is 0 Å². The van der Waals surface area contributed by atoms with Crippen molar-refractivity contribution < 1.29 is 19.1 Å². The monoisotopic (exact) mass is 298 g/mol. The third kappa shape index (κ3) is 2.56. The first-order valence-electron chi connectivity index (χ1n) is 7.36. The third-order valence-electron chi connectivity index (χ3n) is 4.23. The van der Waals surface area contributed by atoms with Gasteiger partial charge in [0.25, 0.3) is 0 Å². The van der Waals surface area contributed by atoms with Crippen molar-refractivity contribution in [3.05, 3.63) is 46.6 Å². The van der Waals surface area contributed by atoms with Gasteiger partial charge in [0, 0.05) is 11.1 Å². The molecule has 0 spiro atoms. The van der Waals surface area contributed by atoms with Crippen LogP contribution >= 0.6 is 0 Å². The van der Waals surface area contributed by atoms with E-state index >= 15 is 0 Å². The fourth-order valence-corrected chi connectivity index (χ4v) is 3.05. The van der Waals surface area contributed by atoms with Crippen LogP contribution in [-0.2, 0) is 22.4 Å². The van der Waals surface area contributed by atoms with Crippen LogP contribution in [0.2, 0.25) is 0 Å². The highest BCUT2D eigenvalue weighted by molar-refractivity contribution is 6.19. The fourth-order valence-electron chi connectivity index (χ4n) is 3.05. The number of hydrogen-bond acceptors (Lipinski definition) is 4. The van der Waals surface area contributed by atoms with E-state index in [1.165, 1.54) is 12.2 Å². The third-order valence-corrected chi connectivity index (χ3v) is 4.23. The number of carbonyl (C=O) groups excluding carboxylic acids is 2. The molecule has 3 aliphatic rings. The molecule has 0 saturated heterocycles. The molecule has 0 saturated carbocycles. The number of rotatable bonds is 2. The zero-order valence-electron chi connectivity index (χ0n) is 12.8. The van der Waals surface area contributed by atoms with Crippen molar-refractivity contribution in [2.45, 2.75) is 25.7 Å². The predicted octanol–water partition coefficient (Wildman–Crippen LogP) is 2.59. The minimum absolute atomic E-state index is 0.0458. The van der Waals surface area contributed by atoms with Gasteiger partial charge >= 0.3 is 0 Å². The van der Waals surface area contributed by atoms with Gasteiger partial charge in [-0.3, -0.25) is 9.59 Å². The molecule has 0 aromatic heterocycles. The largest absolute Gasteiger partial charge is 0.497 e. The topological polar surface area (TPSA) is 52.6 Å². The Hall–Kier alpha value is -2.36. The Morgan fingerprint density at radius 2 is 1.27 bits per heavy atom. The highest BCUT2D eigenvalue weighted by atomic mass is 16.5. The smallest absolute Gasteiger partial charge is 0.182 e. The Morgan fingerprint density at radius 1 is 0.773 bits per heavy atom. The van der Waals surface area contributed by atoms with Crippen LogP contribution in [0.5, 0.6) is 11.5 Å². The second-order valence-corrected chi connectivity index (χ2v) is 5.55. The van der Waals surface area contributed by atoms with E-state index < -0.39 is 0 Å². The molecule has 1 aromatic rings. The van der Waals surface area contributed by atoms with E-state index in [0.717, 1.165) is 22.6 Å². The molecule has 0 fully saturated rings. The summed E-state index contributed by atoms with van der Waals surface area (Å²) in [4.78, 5) is 24.2. The van der Waals surface area contributed by atoms with E-state index in [1.54, 1.807) is 14.2 Å². The van der Waals surface area contributed by atoms with Crippen LogP contribution < -0.4 is 9.47 Å². The second-order valence-electron chi connectivity index (χ2n) is 5.55. The molecule has 3 aliphatic carbocycles. The van der Waals surface area contributed by atoms with Crippen LogP contribution in [0, 0.1) is 0 Å². The lowest BCUT2D eigenvalue weighted by Gasteiger charge is -2.15. The van der Waals surface area contributed by atoms with Gasteiger partial charge in [-0.15, -0.1) is 0 Å². The summed E-state index contributed by atoms with van der Waals surface area (Å²) in [5.41, 5.74) is 3.16. The van der Waals surface area contributed by atoms with Crippen molar-refractivity contribution in [1.82, 2.24) is 0 Å². The van der Waals surface area contributed by atoms with E-state index in [1.807, 2.05) is 12.1 Å². The lowest BCUT2D eigenvalue weighted by Crippen LogP contribution is -2.13. The number of methoxy groups -OCH3 is 2. The summed E-state index contributed by atoms with van der Waals surface area (Å²) in [6, 6.07) is 3.88. The Labute approximate surface area is 129 Å². The van der Waals surface area contributed by atoms with Gasteiger partial charge in [0.15, 0.2) is 11.6 Å². The molecule has 0 unspecified atom stereocenters. The number of benzene rings is 1. The summed E-state index contributed by atoms with van der Waals surface area (Å²) in [6.45, 7) is 0. The van der Waals surface area contributed by atoms with Crippen molar-refractivity contribution >= 4 is 11.6 Å². The summed E-state index contributed by atoms with van der Waals surface area (Å²) in [5, 5.41) is 0. The maximum atomic E-state index is 12.1. The lowest BCUT2D eigenvalue weighted by molar-refractivity contribution is -0.115. The van der Waals surface area contributed by atoms with Gasteiger partial charge < -0.3 is 9.47 Å². The van der Waals surface area contributed by atoms with E-state index in [9.17, 15) is 9.59 Å². The molecule has 4 bridgehead atoms. The summed E-state index contributed by atoms with van der Waals surface area (Å²) in [5.74, 6) is 1.52. The molecule has 0 N–H and O–H groups in total. The molecular weight excluding hydrogens is 280 g/mol. The average Bonchev–Trinajstić information content (AvgIpc) is 2.54. The summed E-state index contributed by atoms with van der Waals surface area (Å²) in [7, 11) is 3.28. The maximum Gasteiger partial charge on any atom is 0.182 e. The Morgan fingerprint density at radius 3 is 1.68 bits per heavy atom. The normalized spacial score (nSPS) is 17.5. The zero-order chi connectivity index (χ0) is 15.7. The van der Waals surface area contributed by atoms with Crippen LogP contribution in [0.4, 0.5) is 0 Å². The maximum absolute atomic E-state index is 12.1. The number of hydrogen-bond donors (Lipinski definition) is 0. The van der Waals surface area contributed by atoms with Gasteiger partial charge in [-0.25, -0.2) is 0 Å². The zero-order valence-corrected chi connectivity index (χ0v) is 12.8. The average molecular weight is 298 g/mol. The van der Waals surface area contributed by atoms with Crippen LogP contribution in [0.25, 0.3) is 0 Å². The molecule has 0 atom stereocenters. The number of allylic oxidation sites excluding steroid dienone is 4.